The molecule has 25 heavy (non-hydrogen) atoms. The summed E-state index contributed by atoms with van der Waals surface area (Å²) in [5, 5.41) is 6.19. The number of hydrogen-bond acceptors (Lipinski definition) is 4. The van der Waals surface area contributed by atoms with E-state index >= 15 is 0 Å². The fourth-order valence-electron chi connectivity index (χ4n) is 2.94. The largest absolute Gasteiger partial charge is 0.494 e. The Kier molecular flexibility index (Phi) is 9.31. The third-order valence-electron chi connectivity index (χ3n) is 4.04. The normalized spacial score (nSPS) is 15.5. The summed E-state index contributed by atoms with van der Waals surface area (Å²) in [5.41, 5.74) is 0.843. The molecular weight excluding hydrogens is 342 g/mol. The molecule has 1 aromatic rings. The average molecular weight is 370 g/mol. The van der Waals surface area contributed by atoms with Crippen molar-refractivity contribution >= 4 is 24.2 Å². The highest BCUT2D eigenvalue weighted by Gasteiger charge is 2.24. The molecule has 1 aliphatic rings. The third-order valence-corrected chi connectivity index (χ3v) is 4.04. The molecule has 1 saturated heterocycles. The van der Waals surface area contributed by atoms with Crippen LogP contribution < -0.4 is 15.4 Å². The summed E-state index contributed by atoms with van der Waals surface area (Å²) in [6.07, 6.45) is 1.19. The van der Waals surface area contributed by atoms with Crippen LogP contribution in [0, 0.1) is 0 Å². The smallest absolute Gasteiger partial charge is 0.225 e. The first-order valence-electron chi connectivity index (χ1n) is 8.59. The van der Waals surface area contributed by atoms with Crippen molar-refractivity contribution in [1.29, 1.82) is 0 Å². The molecule has 1 unspecified atom stereocenters. The van der Waals surface area contributed by atoms with Gasteiger partial charge in [0, 0.05) is 32.1 Å². The van der Waals surface area contributed by atoms with Gasteiger partial charge in [0.15, 0.2) is 0 Å². The molecular formula is C18H28ClN3O3. The van der Waals surface area contributed by atoms with Gasteiger partial charge in [-0.3, -0.25) is 9.59 Å². The van der Waals surface area contributed by atoms with E-state index in [1.54, 1.807) is 0 Å². The minimum absolute atomic E-state index is 0. The SMILES string of the molecule is CCOc1ccccc1C(CC(=O)N1CCCNCC1)NC(C)=O.Cl. The van der Waals surface area contributed by atoms with Gasteiger partial charge in [0.1, 0.15) is 5.75 Å². The van der Waals surface area contributed by atoms with Crippen molar-refractivity contribution in [3.63, 3.8) is 0 Å². The summed E-state index contributed by atoms with van der Waals surface area (Å²) < 4.78 is 5.66. The molecule has 2 N–H and O–H groups in total. The minimum atomic E-state index is -0.381. The lowest BCUT2D eigenvalue weighted by molar-refractivity contribution is -0.131. The number of benzene rings is 1. The van der Waals surface area contributed by atoms with Crippen molar-refractivity contribution in [1.82, 2.24) is 15.5 Å². The number of nitrogens with zero attached hydrogens (tertiary/aromatic N) is 1. The number of ether oxygens (including phenoxy) is 1. The second-order valence-electron chi connectivity index (χ2n) is 5.91. The first kappa shape index (κ1) is 21.3. The fraction of sp³-hybridized carbons (Fsp3) is 0.556. The van der Waals surface area contributed by atoms with Crippen LogP contribution in [0.15, 0.2) is 24.3 Å². The molecule has 0 radical (unpaired) electrons. The number of carbonyl (C=O) groups excluding carboxylic acids is 2. The molecule has 2 amide bonds. The zero-order chi connectivity index (χ0) is 17.4. The van der Waals surface area contributed by atoms with E-state index in [0.29, 0.717) is 18.9 Å². The van der Waals surface area contributed by atoms with Gasteiger partial charge in [-0.1, -0.05) is 18.2 Å². The van der Waals surface area contributed by atoms with Gasteiger partial charge < -0.3 is 20.3 Å². The van der Waals surface area contributed by atoms with E-state index in [2.05, 4.69) is 10.6 Å². The molecule has 0 spiro atoms. The maximum absolute atomic E-state index is 12.7. The van der Waals surface area contributed by atoms with E-state index < -0.39 is 0 Å². The van der Waals surface area contributed by atoms with Crippen LogP contribution in [0.3, 0.4) is 0 Å². The maximum Gasteiger partial charge on any atom is 0.225 e. The van der Waals surface area contributed by atoms with E-state index in [9.17, 15) is 9.59 Å². The zero-order valence-electron chi connectivity index (χ0n) is 14.9. The van der Waals surface area contributed by atoms with Crippen LogP contribution >= 0.6 is 12.4 Å². The molecule has 1 atom stereocenters. The van der Waals surface area contributed by atoms with Crippen LogP contribution in [-0.4, -0.2) is 49.5 Å². The van der Waals surface area contributed by atoms with Gasteiger partial charge >= 0.3 is 0 Å². The second kappa shape index (κ2) is 10.9. The fourth-order valence-corrected chi connectivity index (χ4v) is 2.94. The first-order valence-corrected chi connectivity index (χ1v) is 8.59. The number of rotatable bonds is 6. The molecule has 1 aliphatic heterocycles. The predicted octanol–water partition coefficient (Wildman–Crippen LogP) is 1.90. The van der Waals surface area contributed by atoms with Gasteiger partial charge in [-0.2, -0.15) is 0 Å². The zero-order valence-corrected chi connectivity index (χ0v) is 15.7. The molecule has 140 valence electrons. The highest BCUT2D eigenvalue weighted by molar-refractivity contribution is 5.85. The Bertz CT molecular complexity index is 560. The Balaban J connectivity index is 0.00000312. The number of amides is 2. The number of halogens is 1. The Morgan fingerprint density at radius 1 is 1.28 bits per heavy atom. The highest BCUT2D eigenvalue weighted by atomic mass is 35.5. The number of nitrogens with one attached hydrogen (secondary N) is 2. The molecule has 6 nitrogen and oxygen atoms in total. The van der Waals surface area contributed by atoms with E-state index in [1.807, 2.05) is 36.1 Å². The van der Waals surface area contributed by atoms with Crippen LogP contribution in [0.25, 0.3) is 0 Å². The topological polar surface area (TPSA) is 70.7 Å². The van der Waals surface area contributed by atoms with Crippen molar-refractivity contribution in [3.05, 3.63) is 29.8 Å². The molecule has 7 heteroatoms. The minimum Gasteiger partial charge on any atom is -0.494 e. The Labute approximate surface area is 155 Å². The molecule has 1 fully saturated rings. The lowest BCUT2D eigenvalue weighted by atomic mass is 10.0. The highest BCUT2D eigenvalue weighted by Crippen LogP contribution is 2.28. The van der Waals surface area contributed by atoms with Crippen molar-refractivity contribution in [3.8, 4) is 5.75 Å². The summed E-state index contributed by atoms with van der Waals surface area (Å²) in [6.45, 7) is 7.13. The second-order valence-corrected chi connectivity index (χ2v) is 5.91. The van der Waals surface area contributed by atoms with E-state index in [-0.39, 0.29) is 36.7 Å². The summed E-state index contributed by atoms with van der Waals surface area (Å²) in [4.78, 5) is 26.2. The molecule has 1 heterocycles. The molecule has 0 aromatic heterocycles. The molecule has 2 rings (SSSR count). The van der Waals surface area contributed by atoms with Crippen LogP contribution in [0.2, 0.25) is 0 Å². The lowest BCUT2D eigenvalue weighted by Crippen LogP contribution is -2.37. The monoisotopic (exact) mass is 369 g/mol. The first-order chi connectivity index (χ1) is 11.6. The molecule has 0 saturated carbocycles. The maximum atomic E-state index is 12.7. The third kappa shape index (κ3) is 6.55. The van der Waals surface area contributed by atoms with Gasteiger partial charge in [0.25, 0.3) is 0 Å². The molecule has 0 bridgehead atoms. The molecule has 0 aliphatic carbocycles. The van der Waals surface area contributed by atoms with Crippen molar-refractivity contribution in [2.75, 3.05) is 32.8 Å². The number of para-hydroxylation sites is 1. The van der Waals surface area contributed by atoms with Gasteiger partial charge in [0.05, 0.1) is 19.1 Å². The number of hydrogen-bond donors (Lipinski definition) is 2. The predicted molar refractivity (Wildman–Crippen MR) is 100 cm³/mol. The summed E-state index contributed by atoms with van der Waals surface area (Å²) in [6, 6.07) is 7.18. The van der Waals surface area contributed by atoms with E-state index in [0.717, 1.165) is 31.6 Å². The Morgan fingerprint density at radius 3 is 2.76 bits per heavy atom. The van der Waals surface area contributed by atoms with Gasteiger partial charge in [-0.05, 0) is 26.0 Å². The number of carbonyl (C=O) groups is 2. The lowest BCUT2D eigenvalue weighted by Gasteiger charge is -2.25. The molecule has 1 aromatic carbocycles. The van der Waals surface area contributed by atoms with Crippen LogP contribution in [0.1, 0.15) is 38.3 Å². The summed E-state index contributed by atoms with van der Waals surface area (Å²) in [5.74, 6) is 0.615. The Morgan fingerprint density at radius 2 is 2.04 bits per heavy atom. The van der Waals surface area contributed by atoms with Crippen molar-refractivity contribution in [2.24, 2.45) is 0 Å². The Hall–Kier alpha value is -1.79. The van der Waals surface area contributed by atoms with E-state index in [4.69, 9.17) is 4.74 Å². The van der Waals surface area contributed by atoms with Crippen LogP contribution in [-0.2, 0) is 9.59 Å². The standard InChI is InChI=1S/C18H27N3O3.ClH/c1-3-24-17-8-5-4-7-15(17)16(20-14(2)22)13-18(23)21-11-6-9-19-10-12-21;/h4-5,7-8,16,19H,3,6,9-13H2,1-2H3,(H,20,22);1H. The van der Waals surface area contributed by atoms with E-state index in [1.165, 1.54) is 6.92 Å². The van der Waals surface area contributed by atoms with Gasteiger partial charge in [-0.25, -0.2) is 0 Å². The summed E-state index contributed by atoms with van der Waals surface area (Å²) >= 11 is 0. The van der Waals surface area contributed by atoms with Crippen molar-refractivity contribution < 1.29 is 14.3 Å². The van der Waals surface area contributed by atoms with Gasteiger partial charge in [-0.15, -0.1) is 12.4 Å². The van der Waals surface area contributed by atoms with Crippen molar-refractivity contribution in [2.45, 2.75) is 32.7 Å². The van der Waals surface area contributed by atoms with Gasteiger partial charge in [0.2, 0.25) is 11.8 Å². The van der Waals surface area contributed by atoms with Crippen LogP contribution in [0.5, 0.6) is 5.75 Å². The quantitative estimate of drug-likeness (QED) is 0.803. The average Bonchev–Trinajstić information content (AvgIpc) is 2.84. The van der Waals surface area contributed by atoms with Crippen LogP contribution in [0.4, 0.5) is 0 Å². The summed E-state index contributed by atoms with van der Waals surface area (Å²) in [7, 11) is 0.